The van der Waals surface area contributed by atoms with Crippen LogP contribution in [0, 0.1) is 0 Å². The van der Waals surface area contributed by atoms with Gasteiger partial charge in [-0.05, 0) is 31.9 Å². The van der Waals surface area contributed by atoms with E-state index in [0.717, 1.165) is 34.2 Å². The predicted molar refractivity (Wildman–Crippen MR) is 121 cm³/mol. The molecule has 2 aromatic carbocycles. The van der Waals surface area contributed by atoms with E-state index in [1.54, 1.807) is 0 Å². The number of hydrogen-bond donors (Lipinski definition) is 1. The van der Waals surface area contributed by atoms with E-state index < -0.39 is 0 Å². The third-order valence-electron chi connectivity index (χ3n) is 5.24. The number of aromatic nitrogens is 4. The molecule has 6 nitrogen and oxygen atoms in total. The lowest BCUT2D eigenvalue weighted by atomic mass is 10.1. The Labute approximate surface area is 180 Å². The van der Waals surface area contributed by atoms with Crippen LogP contribution in [-0.2, 0) is 11.3 Å². The van der Waals surface area contributed by atoms with Crippen molar-refractivity contribution in [3.63, 3.8) is 0 Å². The van der Waals surface area contributed by atoms with Gasteiger partial charge in [0.15, 0.2) is 5.65 Å². The van der Waals surface area contributed by atoms with Gasteiger partial charge in [0.25, 0.3) is 0 Å². The van der Waals surface area contributed by atoms with Gasteiger partial charge in [0, 0.05) is 11.9 Å². The Bertz CT molecular complexity index is 1170. The SMILES string of the molecule is CC[C@H](Sc1nnc2c3ccccc3n(CC)c2n1)C(=O)N[C@H](C)c1ccccc1. The summed E-state index contributed by atoms with van der Waals surface area (Å²) in [5.41, 5.74) is 3.79. The first-order valence-electron chi connectivity index (χ1n) is 10.3. The van der Waals surface area contributed by atoms with E-state index >= 15 is 0 Å². The number of carbonyl (C=O) groups excluding carboxylic acids is 1. The van der Waals surface area contributed by atoms with E-state index in [-0.39, 0.29) is 17.2 Å². The molecule has 154 valence electrons. The maximum absolute atomic E-state index is 12.9. The summed E-state index contributed by atoms with van der Waals surface area (Å²) in [4.78, 5) is 17.6. The average Bonchev–Trinajstić information content (AvgIpc) is 3.10. The molecule has 1 amide bonds. The summed E-state index contributed by atoms with van der Waals surface area (Å²) < 4.78 is 2.14. The highest BCUT2D eigenvalue weighted by molar-refractivity contribution is 8.00. The fraction of sp³-hybridized carbons (Fsp3) is 0.304. The molecule has 0 fully saturated rings. The molecule has 0 aliphatic heterocycles. The molecule has 0 saturated heterocycles. The molecular formula is C23H25N5OS. The molecule has 0 aliphatic carbocycles. The minimum absolute atomic E-state index is 0.0152. The van der Waals surface area contributed by atoms with Crippen LogP contribution in [-0.4, -0.2) is 30.9 Å². The Morgan fingerprint density at radius 1 is 1.07 bits per heavy atom. The number of thioether (sulfide) groups is 1. The highest BCUT2D eigenvalue weighted by Gasteiger charge is 2.22. The average molecular weight is 420 g/mol. The minimum Gasteiger partial charge on any atom is -0.349 e. The quantitative estimate of drug-likeness (QED) is 0.438. The van der Waals surface area contributed by atoms with Gasteiger partial charge in [-0.15, -0.1) is 10.2 Å². The van der Waals surface area contributed by atoms with Crippen LogP contribution in [0.15, 0.2) is 59.8 Å². The summed E-state index contributed by atoms with van der Waals surface area (Å²) in [5, 5.41) is 13.2. The molecule has 0 saturated carbocycles. The Kier molecular flexibility index (Phi) is 5.99. The van der Waals surface area contributed by atoms with Crippen LogP contribution in [0.1, 0.15) is 38.8 Å². The van der Waals surface area contributed by atoms with E-state index in [4.69, 9.17) is 4.98 Å². The van der Waals surface area contributed by atoms with Crippen molar-refractivity contribution in [2.75, 3.05) is 0 Å². The molecular weight excluding hydrogens is 394 g/mol. The molecule has 0 bridgehead atoms. The highest BCUT2D eigenvalue weighted by atomic mass is 32.2. The fourth-order valence-corrected chi connectivity index (χ4v) is 4.46. The van der Waals surface area contributed by atoms with E-state index in [1.807, 2.05) is 62.4 Å². The standard InChI is InChI=1S/C23H25N5OS/c1-4-19(22(29)24-15(3)16-11-7-6-8-12-16)30-23-25-21-20(26-27-23)17-13-9-10-14-18(17)28(21)5-2/h6-15,19H,4-5H2,1-3H3,(H,24,29)/t15-,19+/m1/s1. The maximum atomic E-state index is 12.9. The molecule has 4 aromatic rings. The van der Waals surface area contributed by atoms with Crippen molar-refractivity contribution in [3.05, 3.63) is 60.2 Å². The first-order valence-corrected chi connectivity index (χ1v) is 11.1. The molecule has 1 N–H and O–H groups in total. The van der Waals surface area contributed by atoms with Gasteiger partial charge in [-0.1, -0.05) is 67.2 Å². The summed E-state index contributed by atoms with van der Waals surface area (Å²) >= 11 is 1.37. The molecule has 0 spiro atoms. The van der Waals surface area contributed by atoms with Crippen molar-refractivity contribution in [2.45, 2.75) is 50.2 Å². The van der Waals surface area contributed by atoms with Gasteiger partial charge in [-0.2, -0.15) is 0 Å². The van der Waals surface area contributed by atoms with Crippen LogP contribution in [0.2, 0.25) is 0 Å². The zero-order valence-electron chi connectivity index (χ0n) is 17.4. The Hall–Kier alpha value is -2.93. The number of carbonyl (C=O) groups is 1. The summed E-state index contributed by atoms with van der Waals surface area (Å²) in [6, 6.07) is 18.0. The molecule has 30 heavy (non-hydrogen) atoms. The number of amides is 1. The zero-order valence-corrected chi connectivity index (χ0v) is 18.2. The van der Waals surface area contributed by atoms with Crippen LogP contribution in [0.25, 0.3) is 22.1 Å². The molecule has 4 rings (SSSR count). The van der Waals surface area contributed by atoms with Crippen LogP contribution >= 0.6 is 11.8 Å². The second-order valence-corrected chi connectivity index (χ2v) is 8.35. The summed E-state index contributed by atoms with van der Waals surface area (Å²) in [6.45, 7) is 6.88. The largest absolute Gasteiger partial charge is 0.349 e. The smallest absolute Gasteiger partial charge is 0.234 e. The van der Waals surface area contributed by atoms with E-state index in [0.29, 0.717) is 11.6 Å². The van der Waals surface area contributed by atoms with Gasteiger partial charge >= 0.3 is 0 Å². The second kappa shape index (κ2) is 8.83. The lowest BCUT2D eigenvalue weighted by Gasteiger charge is -2.18. The number of aryl methyl sites for hydroxylation is 1. The Morgan fingerprint density at radius 2 is 1.80 bits per heavy atom. The number of nitrogens with one attached hydrogen (secondary N) is 1. The highest BCUT2D eigenvalue weighted by Crippen LogP contribution is 2.29. The number of rotatable bonds is 7. The summed E-state index contributed by atoms with van der Waals surface area (Å²) in [5.74, 6) is -0.0152. The third kappa shape index (κ3) is 3.89. The second-order valence-electron chi connectivity index (χ2n) is 7.18. The van der Waals surface area contributed by atoms with Gasteiger partial charge < -0.3 is 9.88 Å². The number of nitrogens with zero attached hydrogens (tertiary/aromatic N) is 4. The fourth-order valence-electron chi connectivity index (χ4n) is 3.64. The Balaban J connectivity index is 1.57. The first kappa shape index (κ1) is 20.3. The molecule has 2 heterocycles. The summed E-state index contributed by atoms with van der Waals surface area (Å²) in [6.07, 6.45) is 0.677. The predicted octanol–water partition coefficient (Wildman–Crippen LogP) is 4.75. The lowest BCUT2D eigenvalue weighted by molar-refractivity contribution is -0.121. The van der Waals surface area contributed by atoms with E-state index in [1.165, 1.54) is 11.8 Å². The van der Waals surface area contributed by atoms with E-state index in [9.17, 15) is 4.79 Å². The monoisotopic (exact) mass is 419 g/mol. The van der Waals surface area contributed by atoms with Crippen molar-refractivity contribution < 1.29 is 4.79 Å². The Morgan fingerprint density at radius 3 is 2.53 bits per heavy atom. The van der Waals surface area contributed by atoms with Gasteiger partial charge in [0.2, 0.25) is 11.1 Å². The molecule has 0 aliphatic rings. The maximum Gasteiger partial charge on any atom is 0.234 e. The van der Waals surface area contributed by atoms with Crippen molar-refractivity contribution >= 4 is 39.7 Å². The summed E-state index contributed by atoms with van der Waals surface area (Å²) in [7, 11) is 0. The topological polar surface area (TPSA) is 72.7 Å². The zero-order chi connectivity index (χ0) is 21.1. The van der Waals surface area contributed by atoms with Crippen LogP contribution in [0.5, 0.6) is 0 Å². The van der Waals surface area contributed by atoms with Gasteiger partial charge in [0.1, 0.15) is 5.52 Å². The number of hydrogen-bond acceptors (Lipinski definition) is 5. The molecule has 0 radical (unpaired) electrons. The molecule has 0 unspecified atom stereocenters. The van der Waals surface area contributed by atoms with Crippen LogP contribution < -0.4 is 5.32 Å². The third-order valence-corrected chi connectivity index (χ3v) is 6.46. The molecule has 2 atom stereocenters. The van der Waals surface area contributed by atoms with Crippen molar-refractivity contribution in [1.82, 2.24) is 25.1 Å². The molecule has 2 aromatic heterocycles. The van der Waals surface area contributed by atoms with Crippen LogP contribution in [0.3, 0.4) is 0 Å². The minimum atomic E-state index is -0.283. The first-order chi connectivity index (χ1) is 14.6. The van der Waals surface area contributed by atoms with Gasteiger partial charge in [0.05, 0.1) is 16.8 Å². The molecule has 7 heteroatoms. The van der Waals surface area contributed by atoms with Gasteiger partial charge in [-0.25, -0.2) is 4.98 Å². The van der Waals surface area contributed by atoms with E-state index in [2.05, 4.69) is 33.1 Å². The lowest BCUT2D eigenvalue weighted by Crippen LogP contribution is -2.34. The van der Waals surface area contributed by atoms with Gasteiger partial charge in [-0.3, -0.25) is 4.79 Å². The van der Waals surface area contributed by atoms with Crippen LogP contribution in [0.4, 0.5) is 0 Å². The number of fused-ring (bicyclic) bond motifs is 3. The number of benzene rings is 2. The normalized spacial score (nSPS) is 13.4. The number of para-hydroxylation sites is 1. The van der Waals surface area contributed by atoms with Crippen molar-refractivity contribution in [1.29, 1.82) is 0 Å². The van der Waals surface area contributed by atoms with Crippen molar-refractivity contribution in [2.24, 2.45) is 0 Å². The van der Waals surface area contributed by atoms with Crippen molar-refractivity contribution in [3.8, 4) is 0 Å².